The fourth-order valence-electron chi connectivity index (χ4n) is 2.52. The third-order valence-electron chi connectivity index (χ3n) is 3.86. The van der Waals surface area contributed by atoms with Gasteiger partial charge in [-0.2, -0.15) is 0 Å². The van der Waals surface area contributed by atoms with E-state index in [1.165, 1.54) is 19.2 Å². The number of ether oxygens (including phenoxy) is 1. The molecule has 2 rings (SSSR count). The molecule has 2 aromatic carbocycles. The van der Waals surface area contributed by atoms with E-state index < -0.39 is 11.8 Å². The van der Waals surface area contributed by atoms with E-state index in [0.29, 0.717) is 11.3 Å². The molecule has 0 atom stereocenters. The standard InChI is InChI=1S/C18H20F2N2O3/c1-10-6-11(13(19)8-15(10)21-2)4-5-25-17-9-16(22-3)12(18(23)24)7-14(17)20/h6-9,21-22H,4-5H2,1-3H3,(H,23,24). The van der Waals surface area contributed by atoms with Crippen LogP contribution in [0.25, 0.3) is 0 Å². The maximum atomic E-state index is 14.0. The van der Waals surface area contributed by atoms with Crippen molar-refractivity contribution >= 4 is 17.3 Å². The summed E-state index contributed by atoms with van der Waals surface area (Å²) in [6, 6.07) is 5.31. The molecule has 5 nitrogen and oxygen atoms in total. The Bertz CT molecular complexity index is 794. The van der Waals surface area contributed by atoms with Crippen LogP contribution in [0.5, 0.6) is 5.75 Å². The van der Waals surface area contributed by atoms with Gasteiger partial charge < -0.3 is 20.5 Å². The Balaban J connectivity index is 2.12. The quantitative estimate of drug-likeness (QED) is 0.711. The molecule has 0 unspecified atom stereocenters. The number of carboxylic acid groups (broad SMARTS) is 1. The van der Waals surface area contributed by atoms with Crippen molar-refractivity contribution in [2.24, 2.45) is 0 Å². The normalized spacial score (nSPS) is 10.4. The van der Waals surface area contributed by atoms with Gasteiger partial charge >= 0.3 is 5.97 Å². The molecule has 0 radical (unpaired) electrons. The van der Waals surface area contributed by atoms with Gasteiger partial charge in [0.25, 0.3) is 0 Å². The van der Waals surface area contributed by atoms with Crippen molar-refractivity contribution in [3.05, 3.63) is 52.6 Å². The van der Waals surface area contributed by atoms with Crippen molar-refractivity contribution in [1.82, 2.24) is 0 Å². The monoisotopic (exact) mass is 350 g/mol. The Labute approximate surface area is 144 Å². The number of rotatable bonds is 7. The Morgan fingerprint density at radius 1 is 1.08 bits per heavy atom. The van der Waals surface area contributed by atoms with Crippen LogP contribution in [-0.2, 0) is 6.42 Å². The van der Waals surface area contributed by atoms with E-state index in [0.717, 1.165) is 11.6 Å². The van der Waals surface area contributed by atoms with Crippen LogP contribution in [0.3, 0.4) is 0 Å². The molecule has 0 amide bonds. The van der Waals surface area contributed by atoms with Crippen LogP contribution in [0.4, 0.5) is 20.2 Å². The molecule has 3 N–H and O–H groups in total. The predicted octanol–water partition coefficient (Wildman–Crippen LogP) is 3.68. The first kappa shape index (κ1) is 18.5. The average molecular weight is 350 g/mol. The number of hydrogen-bond donors (Lipinski definition) is 3. The molecule has 0 aliphatic heterocycles. The molecule has 0 saturated carbocycles. The highest BCUT2D eigenvalue weighted by atomic mass is 19.1. The van der Waals surface area contributed by atoms with E-state index in [4.69, 9.17) is 9.84 Å². The summed E-state index contributed by atoms with van der Waals surface area (Å²) in [5.41, 5.74) is 2.12. The van der Waals surface area contributed by atoms with Crippen LogP contribution < -0.4 is 15.4 Å². The number of aryl methyl sites for hydroxylation is 1. The van der Waals surface area contributed by atoms with Crippen molar-refractivity contribution in [2.75, 3.05) is 31.3 Å². The maximum Gasteiger partial charge on any atom is 0.337 e. The molecule has 0 aliphatic rings. The first-order valence-corrected chi connectivity index (χ1v) is 7.71. The minimum Gasteiger partial charge on any atom is -0.490 e. The van der Waals surface area contributed by atoms with E-state index in [9.17, 15) is 13.6 Å². The highest BCUT2D eigenvalue weighted by Gasteiger charge is 2.15. The van der Waals surface area contributed by atoms with E-state index >= 15 is 0 Å². The van der Waals surface area contributed by atoms with Gasteiger partial charge in [-0.15, -0.1) is 0 Å². The summed E-state index contributed by atoms with van der Waals surface area (Å²) in [5.74, 6) is -2.47. The van der Waals surface area contributed by atoms with Gasteiger partial charge in [0.15, 0.2) is 11.6 Å². The van der Waals surface area contributed by atoms with Gasteiger partial charge in [0.1, 0.15) is 5.82 Å². The van der Waals surface area contributed by atoms with Crippen molar-refractivity contribution < 1.29 is 23.4 Å². The highest BCUT2D eigenvalue weighted by molar-refractivity contribution is 5.94. The van der Waals surface area contributed by atoms with Crippen LogP contribution in [0, 0.1) is 18.6 Å². The first-order valence-electron chi connectivity index (χ1n) is 7.71. The van der Waals surface area contributed by atoms with E-state index in [1.807, 2.05) is 6.92 Å². The van der Waals surface area contributed by atoms with Gasteiger partial charge in [0.05, 0.1) is 17.9 Å². The topological polar surface area (TPSA) is 70.6 Å². The number of nitrogens with one attached hydrogen (secondary N) is 2. The summed E-state index contributed by atoms with van der Waals surface area (Å²) in [7, 11) is 3.25. The molecule has 0 fully saturated rings. The minimum absolute atomic E-state index is 0.0573. The molecule has 7 heteroatoms. The predicted molar refractivity (Wildman–Crippen MR) is 92.8 cm³/mol. The van der Waals surface area contributed by atoms with Gasteiger partial charge in [0.2, 0.25) is 0 Å². The second-order valence-electron chi connectivity index (χ2n) is 5.49. The number of aromatic carboxylic acids is 1. The lowest BCUT2D eigenvalue weighted by Gasteiger charge is -2.13. The molecule has 25 heavy (non-hydrogen) atoms. The number of carbonyl (C=O) groups is 1. The maximum absolute atomic E-state index is 14.0. The summed E-state index contributed by atoms with van der Waals surface area (Å²) in [6.07, 6.45) is 0.256. The minimum atomic E-state index is -1.24. The largest absolute Gasteiger partial charge is 0.490 e. The molecule has 2 aromatic rings. The van der Waals surface area contributed by atoms with Crippen LogP contribution in [0.15, 0.2) is 24.3 Å². The van der Waals surface area contributed by atoms with Gasteiger partial charge in [0, 0.05) is 32.3 Å². The Hall–Kier alpha value is -2.83. The summed E-state index contributed by atoms with van der Waals surface area (Å²) >= 11 is 0. The zero-order chi connectivity index (χ0) is 18.6. The second-order valence-corrected chi connectivity index (χ2v) is 5.49. The van der Waals surface area contributed by atoms with Crippen molar-refractivity contribution in [3.63, 3.8) is 0 Å². The molecule has 0 heterocycles. The van der Waals surface area contributed by atoms with Crippen molar-refractivity contribution in [3.8, 4) is 5.75 Å². The van der Waals surface area contributed by atoms with Crippen LogP contribution in [0.1, 0.15) is 21.5 Å². The Kier molecular flexibility index (Phi) is 5.80. The van der Waals surface area contributed by atoms with E-state index in [-0.39, 0.29) is 35.8 Å². The lowest BCUT2D eigenvalue weighted by atomic mass is 10.1. The zero-order valence-corrected chi connectivity index (χ0v) is 14.2. The van der Waals surface area contributed by atoms with E-state index in [1.54, 1.807) is 13.1 Å². The van der Waals surface area contributed by atoms with Gasteiger partial charge in [-0.05, 0) is 30.2 Å². The number of benzene rings is 2. The fourth-order valence-corrected chi connectivity index (χ4v) is 2.52. The first-order chi connectivity index (χ1) is 11.9. The molecule has 0 aliphatic carbocycles. The van der Waals surface area contributed by atoms with Gasteiger partial charge in [-0.3, -0.25) is 0 Å². The molecular weight excluding hydrogens is 330 g/mol. The summed E-state index contributed by atoms with van der Waals surface area (Å²) in [6.45, 7) is 1.92. The lowest BCUT2D eigenvalue weighted by Crippen LogP contribution is -2.08. The fraction of sp³-hybridized carbons (Fsp3) is 0.278. The Morgan fingerprint density at radius 3 is 2.36 bits per heavy atom. The highest BCUT2D eigenvalue weighted by Crippen LogP contribution is 2.27. The number of anilines is 2. The SMILES string of the molecule is CNc1cc(F)c(CCOc2cc(NC)c(C(=O)O)cc2F)cc1C. The van der Waals surface area contributed by atoms with Crippen LogP contribution in [-0.4, -0.2) is 31.8 Å². The summed E-state index contributed by atoms with van der Waals surface area (Å²) in [4.78, 5) is 11.1. The smallest absolute Gasteiger partial charge is 0.337 e. The van der Waals surface area contributed by atoms with Gasteiger partial charge in [-0.1, -0.05) is 6.07 Å². The van der Waals surface area contributed by atoms with Crippen molar-refractivity contribution in [2.45, 2.75) is 13.3 Å². The van der Waals surface area contributed by atoms with E-state index in [2.05, 4.69) is 10.6 Å². The second kappa shape index (κ2) is 7.83. The molecular formula is C18H20F2N2O3. The zero-order valence-electron chi connectivity index (χ0n) is 14.2. The molecule has 0 spiro atoms. The Morgan fingerprint density at radius 2 is 1.76 bits per heavy atom. The average Bonchev–Trinajstić information content (AvgIpc) is 2.58. The number of halogens is 2. The summed E-state index contributed by atoms with van der Waals surface area (Å²) < 4.78 is 33.4. The molecule has 0 aromatic heterocycles. The van der Waals surface area contributed by atoms with Crippen LogP contribution in [0.2, 0.25) is 0 Å². The third-order valence-corrected chi connectivity index (χ3v) is 3.86. The number of hydrogen-bond acceptors (Lipinski definition) is 4. The van der Waals surface area contributed by atoms with Gasteiger partial charge in [-0.25, -0.2) is 13.6 Å². The molecule has 134 valence electrons. The summed E-state index contributed by atoms with van der Waals surface area (Å²) in [5, 5.41) is 14.6. The lowest BCUT2D eigenvalue weighted by molar-refractivity contribution is 0.0697. The molecule has 0 bridgehead atoms. The van der Waals surface area contributed by atoms with Crippen LogP contribution >= 0.6 is 0 Å². The van der Waals surface area contributed by atoms with Crippen molar-refractivity contribution in [1.29, 1.82) is 0 Å². The number of carboxylic acids is 1. The third kappa shape index (κ3) is 4.17. The molecule has 0 saturated heterocycles.